The van der Waals surface area contributed by atoms with Crippen LogP contribution in [0.15, 0.2) is 6.07 Å². The van der Waals surface area contributed by atoms with Crippen LogP contribution in [0.4, 0.5) is 0 Å². The topological polar surface area (TPSA) is 27.1 Å². The van der Waals surface area contributed by atoms with Crippen molar-refractivity contribution < 1.29 is 4.74 Å². The summed E-state index contributed by atoms with van der Waals surface area (Å²) < 4.78 is 7.09. The average molecular weight is 182 g/mol. The van der Waals surface area contributed by atoms with Crippen molar-refractivity contribution in [3.05, 3.63) is 11.8 Å². The molecule has 1 aromatic heterocycles. The van der Waals surface area contributed by atoms with Crippen LogP contribution in [0.25, 0.3) is 0 Å². The molecule has 0 spiro atoms. The number of aromatic nitrogens is 2. The number of hydrogen-bond donors (Lipinski definition) is 0. The Bertz CT molecular complexity index is 262. The van der Waals surface area contributed by atoms with Crippen molar-refractivity contribution in [2.24, 2.45) is 0 Å². The molecule has 0 aliphatic rings. The van der Waals surface area contributed by atoms with Gasteiger partial charge in [0.25, 0.3) is 0 Å². The van der Waals surface area contributed by atoms with Crippen LogP contribution < -0.4 is 4.74 Å². The normalized spacial score (nSPS) is 11.8. The molecule has 3 nitrogen and oxygen atoms in total. The van der Waals surface area contributed by atoms with E-state index in [9.17, 15) is 0 Å². The SMILES string of the molecule is CCn1nc(C(C)(C)C)cc1OC. The summed E-state index contributed by atoms with van der Waals surface area (Å²) in [5.74, 6) is 0.840. The predicted octanol–water partition coefficient (Wildman–Crippen LogP) is 2.21. The molecule has 0 aromatic carbocycles. The maximum Gasteiger partial charge on any atom is 0.211 e. The van der Waals surface area contributed by atoms with Gasteiger partial charge in [-0.1, -0.05) is 20.8 Å². The van der Waals surface area contributed by atoms with Crippen LogP contribution in [0.5, 0.6) is 5.88 Å². The second-order valence-corrected chi connectivity index (χ2v) is 4.14. The van der Waals surface area contributed by atoms with E-state index in [2.05, 4.69) is 32.8 Å². The van der Waals surface area contributed by atoms with Crippen molar-refractivity contribution in [1.82, 2.24) is 9.78 Å². The molecule has 0 atom stereocenters. The summed E-state index contributed by atoms with van der Waals surface area (Å²) in [5.41, 5.74) is 1.17. The molecule has 0 saturated heterocycles. The molecular weight excluding hydrogens is 164 g/mol. The smallest absolute Gasteiger partial charge is 0.211 e. The first-order chi connectivity index (χ1) is 5.99. The van der Waals surface area contributed by atoms with Gasteiger partial charge in [-0.2, -0.15) is 5.10 Å². The van der Waals surface area contributed by atoms with Gasteiger partial charge in [0, 0.05) is 18.0 Å². The fourth-order valence-electron chi connectivity index (χ4n) is 1.16. The van der Waals surface area contributed by atoms with Gasteiger partial charge in [0.15, 0.2) is 0 Å². The van der Waals surface area contributed by atoms with E-state index < -0.39 is 0 Å². The highest BCUT2D eigenvalue weighted by Crippen LogP contribution is 2.24. The van der Waals surface area contributed by atoms with Crippen LogP contribution in [-0.4, -0.2) is 16.9 Å². The van der Waals surface area contributed by atoms with Crippen LogP contribution >= 0.6 is 0 Å². The minimum atomic E-state index is 0.0910. The van der Waals surface area contributed by atoms with Crippen molar-refractivity contribution in [2.45, 2.75) is 39.7 Å². The number of rotatable bonds is 2. The fraction of sp³-hybridized carbons (Fsp3) is 0.700. The average Bonchev–Trinajstić information content (AvgIpc) is 2.45. The molecule has 0 unspecified atom stereocenters. The molecule has 13 heavy (non-hydrogen) atoms. The highest BCUT2D eigenvalue weighted by molar-refractivity contribution is 5.21. The molecule has 1 aromatic rings. The molecule has 0 aliphatic carbocycles. The third-order valence-electron chi connectivity index (χ3n) is 2.02. The molecule has 0 bridgehead atoms. The summed E-state index contributed by atoms with van der Waals surface area (Å²) in [4.78, 5) is 0. The number of aryl methyl sites for hydroxylation is 1. The minimum Gasteiger partial charge on any atom is -0.481 e. The van der Waals surface area contributed by atoms with E-state index in [1.54, 1.807) is 7.11 Å². The zero-order valence-electron chi connectivity index (χ0n) is 9.09. The Hall–Kier alpha value is -0.990. The monoisotopic (exact) mass is 182 g/mol. The molecule has 0 amide bonds. The van der Waals surface area contributed by atoms with Gasteiger partial charge in [-0.3, -0.25) is 0 Å². The van der Waals surface area contributed by atoms with E-state index in [0.29, 0.717) is 0 Å². The maximum absolute atomic E-state index is 5.21. The molecule has 1 rings (SSSR count). The second-order valence-electron chi connectivity index (χ2n) is 4.14. The Morgan fingerprint density at radius 1 is 1.46 bits per heavy atom. The summed E-state index contributed by atoms with van der Waals surface area (Å²) in [5, 5.41) is 4.46. The summed E-state index contributed by atoms with van der Waals surface area (Å²) >= 11 is 0. The molecule has 0 aliphatic heterocycles. The van der Waals surface area contributed by atoms with Crippen molar-refractivity contribution in [3.63, 3.8) is 0 Å². The molecule has 1 heterocycles. The molecular formula is C10H18N2O. The van der Waals surface area contributed by atoms with E-state index in [-0.39, 0.29) is 5.41 Å². The lowest BCUT2D eigenvalue weighted by atomic mass is 9.93. The Balaban J connectivity index is 3.07. The highest BCUT2D eigenvalue weighted by Gasteiger charge is 2.19. The largest absolute Gasteiger partial charge is 0.481 e. The summed E-state index contributed by atoms with van der Waals surface area (Å²) in [7, 11) is 1.68. The van der Waals surface area contributed by atoms with Crippen LogP contribution in [0.2, 0.25) is 0 Å². The van der Waals surface area contributed by atoms with Gasteiger partial charge in [0.1, 0.15) is 0 Å². The number of nitrogens with zero attached hydrogens (tertiary/aromatic N) is 2. The van der Waals surface area contributed by atoms with Gasteiger partial charge >= 0.3 is 0 Å². The molecule has 0 N–H and O–H groups in total. The van der Waals surface area contributed by atoms with E-state index in [1.807, 2.05) is 10.7 Å². The van der Waals surface area contributed by atoms with Gasteiger partial charge in [0.05, 0.1) is 12.8 Å². The number of hydrogen-bond acceptors (Lipinski definition) is 2. The Kier molecular flexibility index (Phi) is 2.64. The third kappa shape index (κ3) is 2.02. The fourth-order valence-corrected chi connectivity index (χ4v) is 1.16. The summed E-state index contributed by atoms with van der Waals surface area (Å²) in [6.07, 6.45) is 0. The first-order valence-corrected chi connectivity index (χ1v) is 4.61. The molecule has 0 saturated carbocycles. The van der Waals surface area contributed by atoms with Crippen LogP contribution in [0, 0.1) is 0 Å². The molecule has 3 heteroatoms. The lowest BCUT2D eigenvalue weighted by Crippen LogP contribution is -2.12. The van der Waals surface area contributed by atoms with Crippen molar-refractivity contribution in [1.29, 1.82) is 0 Å². The van der Waals surface area contributed by atoms with Crippen LogP contribution in [-0.2, 0) is 12.0 Å². The van der Waals surface area contributed by atoms with E-state index in [4.69, 9.17) is 4.74 Å². The Labute approximate surface area is 79.7 Å². The minimum absolute atomic E-state index is 0.0910. The Morgan fingerprint density at radius 2 is 2.08 bits per heavy atom. The number of methoxy groups -OCH3 is 1. The second kappa shape index (κ2) is 3.40. The molecule has 74 valence electrons. The lowest BCUT2D eigenvalue weighted by Gasteiger charge is -2.13. The zero-order chi connectivity index (χ0) is 10.1. The van der Waals surface area contributed by atoms with Gasteiger partial charge in [-0.25, -0.2) is 4.68 Å². The zero-order valence-corrected chi connectivity index (χ0v) is 9.09. The van der Waals surface area contributed by atoms with Crippen LogP contribution in [0.1, 0.15) is 33.4 Å². The summed E-state index contributed by atoms with van der Waals surface area (Å²) in [6.45, 7) is 9.35. The maximum atomic E-state index is 5.21. The first kappa shape index (κ1) is 10.1. The third-order valence-corrected chi connectivity index (χ3v) is 2.02. The van der Waals surface area contributed by atoms with Crippen molar-refractivity contribution >= 4 is 0 Å². The van der Waals surface area contributed by atoms with Gasteiger partial charge in [0.2, 0.25) is 5.88 Å². The quantitative estimate of drug-likeness (QED) is 0.701. The Morgan fingerprint density at radius 3 is 2.38 bits per heavy atom. The van der Waals surface area contributed by atoms with Crippen molar-refractivity contribution in [2.75, 3.05) is 7.11 Å². The lowest BCUT2D eigenvalue weighted by molar-refractivity contribution is 0.363. The van der Waals surface area contributed by atoms with Gasteiger partial charge in [-0.05, 0) is 6.92 Å². The van der Waals surface area contributed by atoms with Gasteiger partial charge < -0.3 is 4.74 Å². The predicted molar refractivity (Wildman–Crippen MR) is 53.2 cm³/mol. The van der Waals surface area contributed by atoms with Crippen LogP contribution in [0.3, 0.4) is 0 Å². The number of ether oxygens (including phenoxy) is 1. The van der Waals surface area contributed by atoms with E-state index in [1.165, 1.54) is 0 Å². The van der Waals surface area contributed by atoms with E-state index >= 15 is 0 Å². The van der Waals surface area contributed by atoms with Gasteiger partial charge in [-0.15, -0.1) is 0 Å². The van der Waals surface area contributed by atoms with E-state index in [0.717, 1.165) is 18.1 Å². The molecule has 0 radical (unpaired) electrons. The highest BCUT2D eigenvalue weighted by atomic mass is 16.5. The summed E-state index contributed by atoms with van der Waals surface area (Å²) in [6, 6.07) is 2.00. The van der Waals surface area contributed by atoms with Crippen molar-refractivity contribution in [3.8, 4) is 5.88 Å². The molecule has 0 fully saturated rings. The standard InChI is InChI=1S/C10H18N2O/c1-6-12-9(13-5)7-8(11-12)10(2,3)4/h7H,6H2,1-5H3. The first-order valence-electron chi connectivity index (χ1n) is 4.61.